The molecule has 0 spiro atoms. The summed E-state index contributed by atoms with van der Waals surface area (Å²) in [5, 5.41) is 16.2. The van der Waals surface area contributed by atoms with E-state index in [1.807, 2.05) is 82.4 Å². The molecule has 2 rings (SSSR count). The fourth-order valence-corrected chi connectivity index (χ4v) is 4.69. The molecule has 0 radical (unpaired) electrons. The van der Waals surface area contributed by atoms with Crippen molar-refractivity contribution >= 4 is 38.6 Å². The summed E-state index contributed by atoms with van der Waals surface area (Å²) in [5.41, 5.74) is 2.50. The van der Waals surface area contributed by atoms with Gasteiger partial charge in [0.25, 0.3) is 0 Å². The van der Waals surface area contributed by atoms with Gasteiger partial charge in [-0.3, -0.25) is 0 Å². The summed E-state index contributed by atoms with van der Waals surface area (Å²) in [6, 6.07) is 4.90. The number of nitrogens with one attached hydrogen (secondary N) is 2. The standard InChI is InChI=1S/C30H37FN2O3S.Os/c1-6-9-26(20(3)19-34)29(35)23-11-8-10-22(13-14-23)24-15-17-28(27(31)18-24)33-30(37)32-25(7-2)16-12-21(4)36-5;/h7-8,10-18,20-21,23,26,34H,6,9H2,1-5H3,(H2,32,33,37);/b16-12-,25-7+;. The van der Waals surface area contributed by atoms with E-state index in [1.54, 1.807) is 13.2 Å². The number of aliphatic hydroxyl groups is 1. The normalized spacial score (nSPS) is 17.9. The summed E-state index contributed by atoms with van der Waals surface area (Å²) in [5.74, 6) is -1.21. The molecular weight excluding hydrogens is 678 g/mol. The number of allylic oxidation sites excluding steroid dienone is 8. The van der Waals surface area contributed by atoms with Crippen molar-refractivity contribution in [2.24, 2.45) is 17.8 Å². The predicted octanol–water partition coefficient (Wildman–Crippen LogP) is 6.40. The third-order valence-corrected chi connectivity index (χ3v) is 7.74. The molecule has 1 aromatic carbocycles. The van der Waals surface area contributed by atoms with Crippen molar-refractivity contribution in [1.29, 1.82) is 0 Å². The summed E-state index contributed by atoms with van der Waals surface area (Å²) in [6.45, 7) is 7.73. The van der Waals surface area contributed by atoms with E-state index >= 15 is 4.39 Å². The van der Waals surface area contributed by atoms with Gasteiger partial charge in [0, 0.05) is 12.8 Å². The number of methoxy groups -OCH3 is 1. The Labute approximate surface area is 241 Å². The number of aliphatic hydroxyl groups excluding tert-OH is 1. The van der Waals surface area contributed by atoms with Crippen LogP contribution in [0.5, 0.6) is 0 Å². The number of hydrogen-bond donors (Lipinski definition) is 3. The van der Waals surface area contributed by atoms with E-state index in [1.165, 1.54) is 24.2 Å². The molecule has 206 valence electrons. The number of ketones is 1. The van der Waals surface area contributed by atoms with Crippen LogP contribution in [0.25, 0.3) is 5.57 Å². The molecule has 8 heteroatoms. The van der Waals surface area contributed by atoms with Gasteiger partial charge in [0.05, 0.1) is 6.10 Å². The quantitative estimate of drug-likeness (QED) is 0.172. The third-order valence-electron chi connectivity index (χ3n) is 6.38. The first-order valence-corrected chi connectivity index (χ1v) is 14.3. The molecular formula is C30H37FN2O3OsS. The zero-order valence-corrected chi connectivity index (χ0v) is 25.8. The summed E-state index contributed by atoms with van der Waals surface area (Å²) in [6.07, 6.45) is 16.4. The second-order valence-electron chi connectivity index (χ2n) is 9.11. The number of thiocarbonyl (C=S) groups is 1. The number of ether oxygens (including phenoxy) is 1. The molecule has 0 heterocycles. The second kappa shape index (κ2) is 15.9. The van der Waals surface area contributed by atoms with Crippen molar-refractivity contribution < 1.29 is 37.2 Å². The number of halogens is 1. The van der Waals surface area contributed by atoms with E-state index in [9.17, 15) is 9.90 Å². The van der Waals surface area contributed by atoms with Gasteiger partial charge in [-0.15, -0.1) is 0 Å². The van der Waals surface area contributed by atoms with Gasteiger partial charge in [-0.05, 0) is 32.1 Å². The number of Topliss-reactive ketones (excluding diaryl/α,β-unsaturated/α-hetero) is 1. The fourth-order valence-electron chi connectivity index (χ4n) is 3.95. The summed E-state index contributed by atoms with van der Waals surface area (Å²) in [4.78, 5) is 13.3. The third kappa shape index (κ3) is 9.43. The number of anilines is 1. The van der Waals surface area contributed by atoms with Crippen LogP contribution in [0.15, 0.2) is 72.5 Å². The van der Waals surface area contributed by atoms with Gasteiger partial charge in [0.1, 0.15) is 0 Å². The fraction of sp³-hybridized carbons (Fsp3) is 0.367. The SMILES string of the molecule is C/C=C(\C=C/C(C)OC)NC(=S)Nc1ccc(C2=CC=CC(C(=O)C(CCC)C(C)[C](O)=[Os])C=C2)cc1F. The average molecular weight is 715 g/mol. The molecule has 0 aliphatic heterocycles. The van der Waals surface area contributed by atoms with E-state index in [0.717, 1.165) is 24.1 Å². The molecule has 0 saturated heterocycles. The summed E-state index contributed by atoms with van der Waals surface area (Å²) < 4.78 is 20.5. The molecule has 38 heavy (non-hydrogen) atoms. The minimum absolute atomic E-state index is 0.0428. The van der Waals surface area contributed by atoms with Crippen molar-refractivity contribution in [2.75, 3.05) is 12.4 Å². The molecule has 0 bridgehead atoms. The first-order valence-electron chi connectivity index (χ1n) is 12.7. The Balaban J connectivity index is 2.11. The molecule has 5 nitrogen and oxygen atoms in total. The van der Waals surface area contributed by atoms with Crippen LogP contribution in [0.1, 0.15) is 46.1 Å². The number of benzene rings is 1. The van der Waals surface area contributed by atoms with Crippen molar-refractivity contribution in [3.05, 3.63) is 83.9 Å². The average Bonchev–Trinajstić information content (AvgIpc) is 3.16. The zero-order valence-electron chi connectivity index (χ0n) is 22.5. The maximum absolute atomic E-state index is 15.0. The number of carbonyl (C=O) groups excluding carboxylic acids is 1. The number of carbonyl (C=O) groups is 1. The Morgan fingerprint density at radius 2 is 2.05 bits per heavy atom. The molecule has 0 fully saturated rings. The molecule has 4 unspecified atom stereocenters. The van der Waals surface area contributed by atoms with Crippen LogP contribution in [-0.2, 0) is 27.7 Å². The topological polar surface area (TPSA) is 70.6 Å². The van der Waals surface area contributed by atoms with E-state index in [2.05, 4.69) is 10.6 Å². The van der Waals surface area contributed by atoms with E-state index in [4.69, 9.17) is 17.0 Å². The van der Waals surface area contributed by atoms with E-state index in [0.29, 0.717) is 9.82 Å². The van der Waals surface area contributed by atoms with Gasteiger partial charge >= 0.3 is 158 Å². The Bertz CT molecular complexity index is 1170. The minimum atomic E-state index is -0.445. The first kappa shape index (κ1) is 31.9. The van der Waals surface area contributed by atoms with Gasteiger partial charge in [0.2, 0.25) is 0 Å². The van der Waals surface area contributed by atoms with Crippen molar-refractivity contribution in [1.82, 2.24) is 5.32 Å². The maximum atomic E-state index is 15.0. The van der Waals surface area contributed by atoms with Crippen molar-refractivity contribution in [2.45, 2.75) is 46.6 Å². The van der Waals surface area contributed by atoms with Gasteiger partial charge in [-0.25, -0.2) is 0 Å². The molecule has 1 aliphatic carbocycles. The van der Waals surface area contributed by atoms with Crippen LogP contribution in [0.4, 0.5) is 10.1 Å². The Hall–Kier alpha value is -2.36. The van der Waals surface area contributed by atoms with E-state index in [-0.39, 0.29) is 34.5 Å². The molecule has 0 saturated carbocycles. The van der Waals surface area contributed by atoms with Crippen LogP contribution < -0.4 is 10.6 Å². The molecule has 1 aliphatic rings. The Morgan fingerprint density at radius 3 is 2.66 bits per heavy atom. The van der Waals surface area contributed by atoms with E-state index < -0.39 is 11.7 Å². The predicted molar refractivity (Wildman–Crippen MR) is 154 cm³/mol. The van der Waals surface area contributed by atoms with Crippen molar-refractivity contribution in [3.8, 4) is 0 Å². The molecule has 4 atom stereocenters. The second-order valence-corrected chi connectivity index (χ2v) is 10.8. The van der Waals surface area contributed by atoms with Crippen molar-refractivity contribution in [3.63, 3.8) is 0 Å². The van der Waals surface area contributed by atoms with Crippen LogP contribution in [0, 0.1) is 23.6 Å². The van der Waals surface area contributed by atoms with Gasteiger partial charge in [-0.2, -0.15) is 0 Å². The van der Waals surface area contributed by atoms with Crippen LogP contribution in [-0.4, -0.2) is 33.5 Å². The number of hydrogen-bond acceptors (Lipinski definition) is 4. The van der Waals surface area contributed by atoms with Crippen LogP contribution in [0.3, 0.4) is 0 Å². The van der Waals surface area contributed by atoms with Gasteiger partial charge in [-0.1, -0.05) is 12.2 Å². The van der Waals surface area contributed by atoms with Crippen LogP contribution >= 0.6 is 12.2 Å². The summed E-state index contributed by atoms with van der Waals surface area (Å²) in [7, 11) is 1.63. The molecule has 0 amide bonds. The molecule has 1 aromatic rings. The van der Waals surface area contributed by atoms with Crippen LogP contribution in [0.2, 0.25) is 0 Å². The molecule has 3 N–H and O–H groups in total. The summed E-state index contributed by atoms with van der Waals surface area (Å²) >= 11 is 6.79. The monoisotopic (exact) mass is 716 g/mol. The van der Waals surface area contributed by atoms with Gasteiger partial charge in [0.15, 0.2) is 5.11 Å². The zero-order chi connectivity index (χ0) is 28.2. The van der Waals surface area contributed by atoms with Gasteiger partial charge < -0.3 is 15.4 Å². The Morgan fingerprint density at radius 1 is 1.32 bits per heavy atom. The first-order chi connectivity index (χ1) is 18.1. The Kier molecular flexibility index (Phi) is 13.3. The molecule has 0 aromatic heterocycles. The number of rotatable bonds is 12.